The predicted molar refractivity (Wildman–Crippen MR) is 82.7 cm³/mol. The zero-order valence-corrected chi connectivity index (χ0v) is 13.3. The number of anilines is 1. The standard InChI is InChI=1S/C13H10N4O7S/c1-24-13(18)12-11(15)7(5-14)6-16(12)9-3-2-8(25(21,22)23)4-10(9)17(19)20/h2-4,6H,15H2,1H3,(H,21,22,23). The van der Waals surface area contributed by atoms with E-state index in [4.69, 9.17) is 15.5 Å². The van der Waals surface area contributed by atoms with Crippen LogP contribution in [0.5, 0.6) is 0 Å². The molecule has 11 nitrogen and oxygen atoms in total. The van der Waals surface area contributed by atoms with Crippen LogP contribution in [0.2, 0.25) is 0 Å². The first kappa shape index (κ1) is 17.9. The van der Waals surface area contributed by atoms with Crippen molar-refractivity contribution in [2.24, 2.45) is 0 Å². The van der Waals surface area contributed by atoms with Gasteiger partial charge in [-0.05, 0) is 12.1 Å². The number of nitriles is 1. The van der Waals surface area contributed by atoms with Crippen LogP contribution < -0.4 is 5.73 Å². The summed E-state index contributed by atoms with van der Waals surface area (Å²) in [5, 5.41) is 20.3. The van der Waals surface area contributed by atoms with E-state index in [1.165, 1.54) is 0 Å². The number of benzene rings is 1. The highest BCUT2D eigenvalue weighted by molar-refractivity contribution is 7.85. The molecule has 25 heavy (non-hydrogen) atoms. The van der Waals surface area contributed by atoms with E-state index < -0.39 is 31.6 Å². The summed E-state index contributed by atoms with van der Waals surface area (Å²) < 4.78 is 36.9. The van der Waals surface area contributed by atoms with Crippen molar-refractivity contribution in [3.8, 4) is 11.8 Å². The number of nitrogen functional groups attached to an aromatic ring is 1. The van der Waals surface area contributed by atoms with E-state index in [1.807, 2.05) is 0 Å². The number of carbonyl (C=O) groups excluding carboxylic acids is 1. The van der Waals surface area contributed by atoms with Crippen LogP contribution in [-0.4, -0.2) is 35.5 Å². The van der Waals surface area contributed by atoms with Crippen LogP contribution in [0.1, 0.15) is 16.1 Å². The molecule has 0 spiro atoms. The first-order valence-electron chi connectivity index (χ1n) is 6.37. The average Bonchev–Trinajstić information content (AvgIpc) is 2.89. The summed E-state index contributed by atoms with van der Waals surface area (Å²) in [4.78, 5) is 21.6. The van der Waals surface area contributed by atoms with Gasteiger partial charge in [-0.25, -0.2) is 4.79 Å². The van der Waals surface area contributed by atoms with Gasteiger partial charge in [0.1, 0.15) is 16.7 Å². The van der Waals surface area contributed by atoms with Gasteiger partial charge in [-0.1, -0.05) is 0 Å². The lowest BCUT2D eigenvalue weighted by atomic mass is 10.2. The Kier molecular flexibility index (Phi) is 4.46. The monoisotopic (exact) mass is 366 g/mol. The Morgan fingerprint density at radius 3 is 2.60 bits per heavy atom. The summed E-state index contributed by atoms with van der Waals surface area (Å²) in [5.41, 5.74) is 4.01. The zero-order chi connectivity index (χ0) is 18.9. The molecule has 12 heteroatoms. The average molecular weight is 366 g/mol. The van der Waals surface area contributed by atoms with Crippen LogP contribution in [0.4, 0.5) is 11.4 Å². The number of esters is 1. The molecule has 0 saturated heterocycles. The van der Waals surface area contributed by atoms with E-state index in [2.05, 4.69) is 4.74 Å². The summed E-state index contributed by atoms with van der Waals surface area (Å²) in [6.45, 7) is 0. The van der Waals surface area contributed by atoms with Gasteiger partial charge < -0.3 is 15.0 Å². The molecular formula is C13H10N4O7S. The molecule has 0 radical (unpaired) electrons. The minimum Gasteiger partial charge on any atom is -0.464 e. The summed E-state index contributed by atoms with van der Waals surface area (Å²) >= 11 is 0. The Bertz CT molecular complexity index is 1030. The van der Waals surface area contributed by atoms with Crippen LogP contribution >= 0.6 is 0 Å². The fraction of sp³-hybridized carbons (Fsp3) is 0.0769. The number of rotatable bonds is 4. The number of carbonyl (C=O) groups is 1. The van der Waals surface area contributed by atoms with Crippen molar-refractivity contribution in [2.75, 3.05) is 12.8 Å². The van der Waals surface area contributed by atoms with Gasteiger partial charge in [0.05, 0.1) is 23.3 Å². The van der Waals surface area contributed by atoms with E-state index in [-0.39, 0.29) is 22.6 Å². The fourth-order valence-electron chi connectivity index (χ4n) is 2.12. The molecule has 3 N–H and O–H groups in total. The second-order valence-corrected chi connectivity index (χ2v) is 6.08. The number of aromatic nitrogens is 1. The Morgan fingerprint density at radius 1 is 1.48 bits per heavy atom. The zero-order valence-electron chi connectivity index (χ0n) is 12.5. The van der Waals surface area contributed by atoms with E-state index in [9.17, 15) is 23.3 Å². The first-order chi connectivity index (χ1) is 11.6. The van der Waals surface area contributed by atoms with Gasteiger partial charge >= 0.3 is 5.97 Å². The summed E-state index contributed by atoms with van der Waals surface area (Å²) in [6.07, 6.45) is 1.08. The van der Waals surface area contributed by atoms with Gasteiger partial charge in [-0.3, -0.25) is 14.7 Å². The number of methoxy groups -OCH3 is 1. The molecule has 0 aliphatic carbocycles. The number of ether oxygens (including phenoxy) is 1. The molecule has 0 aliphatic heterocycles. The maximum atomic E-state index is 11.9. The number of hydrogen-bond acceptors (Lipinski definition) is 8. The third-order valence-corrected chi connectivity index (χ3v) is 4.09. The van der Waals surface area contributed by atoms with Crippen molar-refractivity contribution in [3.05, 3.63) is 45.8 Å². The fourth-order valence-corrected chi connectivity index (χ4v) is 2.62. The van der Waals surface area contributed by atoms with E-state index in [1.54, 1.807) is 6.07 Å². The van der Waals surface area contributed by atoms with Crippen LogP contribution in [0.15, 0.2) is 29.3 Å². The van der Waals surface area contributed by atoms with E-state index in [0.717, 1.165) is 30.0 Å². The number of nitro groups is 1. The molecule has 0 amide bonds. The predicted octanol–water partition coefficient (Wildman–Crippen LogP) is 0.873. The van der Waals surface area contributed by atoms with Crippen LogP contribution in [0, 0.1) is 21.4 Å². The lowest BCUT2D eigenvalue weighted by Gasteiger charge is -2.09. The molecule has 0 fully saturated rings. The topological polar surface area (TPSA) is 179 Å². The van der Waals surface area contributed by atoms with Crippen molar-refractivity contribution < 1.29 is 27.4 Å². The van der Waals surface area contributed by atoms with Gasteiger partial charge in [-0.2, -0.15) is 13.7 Å². The number of nitro benzene ring substituents is 1. The van der Waals surface area contributed by atoms with Gasteiger partial charge in [0, 0.05) is 12.3 Å². The first-order valence-corrected chi connectivity index (χ1v) is 7.81. The summed E-state index contributed by atoms with van der Waals surface area (Å²) in [5.74, 6) is -0.952. The Balaban J connectivity index is 2.85. The largest absolute Gasteiger partial charge is 0.464 e. The number of nitrogens with two attached hydrogens (primary N) is 1. The minimum atomic E-state index is -4.68. The normalized spacial score (nSPS) is 10.9. The third-order valence-electron chi connectivity index (χ3n) is 3.24. The second kappa shape index (κ2) is 6.23. The number of hydrogen-bond donors (Lipinski definition) is 2. The minimum absolute atomic E-state index is 0.131. The van der Waals surface area contributed by atoms with Gasteiger partial charge in [0.25, 0.3) is 15.8 Å². The van der Waals surface area contributed by atoms with Crippen molar-refractivity contribution in [3.63, 3.8) is 0 Å². The SMILES string of the molecule is COC(=O)c1c(N)c(C#N)cn1-c1ccc(S(=O)(=O)O)cc1[N+](=O)[O-]. The van der Waals surface area contributed by atoms with Crippen LogP contribution in [0.25, 0.3) is 5.69 Å². The second-order valence-electron chi connectivity index (χ2n) is 4.66. The summed E-state index contributed by atoms with van der Waals surface area (Å²) in [7, 11) is -3.62. The molecule has 0 atom stereocenters. The lowest BCUT2D eigenvalue weighted by Crippen LogP contribution is -2.12. The van der Waals surface area contributed by atoms with Gasteiger partial charge in [0.2, 0.25) is 0 Å². The lowest BCUT2D eigenvalue weighted by molar-refractivity contribution is -0.384. The van der Waals surface area contributed by atoms with Crippen molar-refractivity contribution in [1.29, 1.82) is 5.26 Å². The van der Waals surface area contributed by atoms with E-state index >= 15 is 0 Å². The van der Waals surface area contributed by atoms with Crippen LogP contribution in [-0.2, 0) is 14.9 Å². The van der Waals surface area contributed by atoms with E-state index in [0.29, 0.717) is 6.07 Å². The molecule has 0 aliphatic rings. The van der Waals surface area contributed by atoms with Gasteiger partial charge in [0.15, 0.2) is 5.69 Å². The molecule has 0 unspecified atom stereocenters. The Morgan fingerprint density at radius 2 is 2.12 bits per heavy atom. The highest BCUT2D eigenvalue weighted by Gasteiger charge is 2.27. The third kappa shape index (κ3) is 3.13. The molecule has 1 heterocycles. The van der Waals surface area contributed by atoms with Crippen LogP contribution in [0.3, 0.4) is 0 Å². The summed E-state index contributed by atoms with van der Waals surface area (Å²) in [6, 6.07) is 4.25. The maximum Gasteiger partial charge on any atom is 0.357 e. The maximum absolute atomic E-state index is 11.9. The smallest absolute Gasteiger partial charge is 0.357 e. The quantitative estimate of drug-likeness (QED) is 0.343. The number of nitrogens with zero attached hydrogens (tertiary/aromatic N) is 3. The Hall–Kier alpha value is -3.43. The molecule has 130 valence electrons. The van der Waals surface area contributed by atoms with Crippen molar-refractivity contribution in [2.45, 2.75) is 4.90 Å². The molecule has 2 aromatic rings. The molecule has 0 bridgehead atoms. The van der Waals surface area contributed by atoms with Gasteiger partial charge in [-0.15, -0.1) is 0 Å². The van der Waals surface area contributed by atoms with Crippen molar-refractivity contribution >= 4 is 27.5 Å². The molecule has 1 aromatic heterocycles. The van der Waals surface area contributed by atoms with Crippen molar-refractivity contribution in [1.82, 2.24) is 4.57 Å². The molecular weight excluding hydrogens is 356 g/mol. The molecule has 2 rings (SSSR count). The molecule has 1 aromatic carbocycles. The Labute approximate surface area is 140 Å². The highest BCUT2D eigenvalue weighted by atomic mass is 32.2. The molecule has 0 saturated carbocycles. The highest BCUT2D eigenvalue weighted by Crippen LogP contribution is 2.31.